The van der Waals surface area contributed by atoms with E-state index in [4.69, 9.17) is 5.11 Å². The third kappa shape index (κ3) is 5.64. The van der Waals surface area contributed by atoms with E-state index in [1.165, 1.54) is 17.2 Å². The monoisotopic (exact) mass is 367 g/mol. The average molecular weight is 367 g/mol. The first-order chi connectivity index (χ1) is 12.7. The normalized spacial score (nSPS) is 21.4. The Morgan fingerprint density at radius 3 is 2.52 bits per heavy atom. The van der Waals surface area contributed by atoms with Crippen LogP contribution < -0.4 is 0 Å². The third-order valence-electron chi connectivity index (χ3n) is 5.08. The lowest BCUT2D eigenvalue weighted by molar-refractivity contribution is -0.131. The van der Waals surface area contributed by atoms with Crippen molar-refractivity contribution in [3.05, 3.63) is 71.4 Å². The Kier molecular flexibility index (Phi) is 6.72. The molecule has 2 rings (SSSR count). The molecule has 0 spiro atoms. The zero-order valence-electron chi connectivity index (χ0n) is 16.8. The molecule has 5 nitrogen and oxygen atoms in total. The van der Waals surface area contributed by atoms with Gasteiger partial charge in [0.1, 0.15) is 12.7 Å². The van der Waals surface area contributed by atoms with Gasteiger partial charge in [0.05, 0.1) is 6.04 Å². The number of aliphatic carboxylic acids is 1. The lowest BCUT2D eigenvalue weighted by Crippen LogP contribution is -2.25. The van der Waals surface area contributed by atoms with E-state index in [2.05, 4.69) is 47.7 Å². The first-order valence-electron chi connectivity index (χ1n) is 9.20. The van der Waals surface area contributed by atoms with Gasteiger partial charge in [-0.1, -0.05) is 49.8 Å². The summed E-state index contributed by atoms with van der Waals surface area (Å²) in [6.07, 6.45) is 17.0. The van der Waals surface area contributed by atoms with Gasteiger partial charge in [-0.3, -0.25) is 0 Å². The molecule has 27 heavy (non-hydrogen) atoms. The summed E-state index contributed by atoms with van der Waals surface area (Å²) in [5.41, 5.74) is 4.65. The van der Waals surface area contributed by atoms with Crippen LogP contribution in [0, 0.1) is 5.41 Å². The molecule has 1 unspecified atom stereocenters. The van der Waals surface area contributed by atoms with Gasteiger partial charge in [-0.15, -0.1) is 10.2 Å². The first-order valence-corrected chi connectivity index (χ1v) is 9.20. The number of hydrogen-bond acceptors (Lipinski definition) is 3. The number of rotatable bonds is 6. The van der Waals surface area contributed by atoms with Gasteiger partial charge in [0.15, 0.2) is 0 Å². The number of aromatic nitrogens is 3. The van der Waals surface area contributed by atoms with E-state index < -0.39 is 5.97 Å². The van der Waals surface area contributed by atoms with Crippen molar-refractivity contribution < 1.29 is 9.90 Å². The molecule has 1 aromatic rings. The molecule has 0 fully saturated rings. The van der Waals surface area contributed by atoms with Gasteiger partial charge in [0.2, 0.25) is 0 Å². The van der Waals surface area contributed by atoms with Crippen LogP contribution in [0.4, 0.5) is 0 Å². The summed E-state index contributed by atoms with van der Waals surface area (Å²) in [5, 5.41) is 16.6. The molecule has 0 aliphatic heterocycles. The highest BCUT2D eigenvalue weighted by Gasteiger charge is 2.32. The molecule has 0 bridgehead atoms. The van der Waals surface area contributed by atoms with Gasteiger partial charge in [-0.2, -0.15) is 0 Å². The Morgan fingerprint density at radius 2 is 1.89 bits per heavy atom. The molecule has 0 radical (unpaired) electrons. The van der Waals surface area contributed by atoms with Gasteiger partial charge in [-0.25, -0.2) is 4.79 Å². The van der Waals surface area contributed by atoms with Crippen molar-refractivity contribution in [2.24, 2.45) is 5.41 Å². The van der Waals surface area contributed by atoms with E-state index >= 15 is 0 Å². The van der Waals surface area contributed by atoms with Crippen molar-refractivity contribution in [3.8, 4) is 0 Å². The van der Waals surface area contributed by atoms with E-state index in [0.717, 1.165) is 18.4 Å². The van der Waals surface area contributed by atoms with Crippen molar-refractivity contribution in [1.82, 2.24) is 14.8 Å². The summed E-state index contributed by atoms with van der Waals surface area (Å²) >= 11 is 0. The van der Waals surface area contributed by atoms with Crippen molar-refractivity contribution in [2.75, 3.05) is 0 Å². The smallest absolute Gasteiger partial charge is 0.328 e. The third-order valence-corrected chi connectivity index (χ3v) is 5.08. The lowest BCUT2D eigenvalue weighted by Gasteiger charge is -2.37. The Morgan fingerprint density at radius 1 is 1.22 bits per heavy atom. The summed E-state index contributed by atoms with van der Waals surface area (Å²) in [7, 11) is 0. The van der Waals surface area contributed by atoms with Gasteiger partial charge < -0.3 is 9.67 Å². The molecule has 5 heteroatoms. The highest BCUT2D eigenvalue weighted by Crippen LogP contribution is 2.45. The van der Waals surface area contributed by atoms with Crippen LogP contribution in [0.3, 0.4) is 0 Å². The minimum absolute atomic E-state index is 0.127. The summed E-state index contributed by atoms with van der Waals surface area (Å²) in [6.45, 7) is 10.6. The number of carboxylic acid groups (broad SMARTS) is 1. The minimum atomic E-state index is -0.928. The van der Waals surface area contributed by atoms with Gasteiger partial charge in [-0.05, 0) is 55.7 Å². The predicted molar refractivity (Wildman–Crippen MR) is 108 cm³/mol. The molecule has 1 atom stereocenters. The average Bonchev–Trinajstić information content (AvgIpc) is 3.07. The van der Waals surface area contributed by atoms with Crippen LogP contribution in [0.2, 0.25) is 0 Å². The summed E-state index contributed by atoms with van der Waals surface area (Å²) < 4.78 is 2.08. The zero-order chi connectivity index (χ0) is 20.0. The highest BCUT2D eigenvalue weighted by molar-refractivity contribution is 5.81. The van der Waals surface area contributed by atoms with Crippen molar-refractivity contribution >= 4 is 5.97 Å². The topological polar surface area (TPSA) is 68.0 Å². The molecule has 1 heterocycles. The molecule has 0 aromatic carbocycles. The van der Waals surface area contributed by atoms with E-state index in [9.17, 15) is 4.79 Å². The quantitative estimate of drug-likeness (QED) is 0.564. The zero-order valence-corrected chi connectivity index (χ0v) is 16.8. The highest BCUT2D eigenvalue weighted by atomic mass is 16.4. The standard InChI is InChI=1S/C22H29N3O2/c1-16(7-6-8-17(2)13-21(26)27)9-10-19-18(3)20(11-12-22(19,4)5)25-14-23-24-15-25/h6-10,13-15,20H,11-12H2,1-5H3,(H,26,27). The van der Waals surface area contributed by atoms with E-state index in [1.807, 2.05) is 19.1 Å². The fourth-order valence-electron chi connectivity index (χ4n) is 3.53. The molecule has 1 aliphatic rings. The Bertz CT molecular complexity index is 822. The van der Waals surface area contributed by atoms with Crippen molar-refractivity contribution in [3.63, 3.8) is 0 Å². The van der Waals surface area contributed by atoms with Crippen molar-refractivity contribution in [2.45, 2.75) is 53.5 Å². The largest absolute Gasteiger partial charge is 0.478 e. The van der Waals surface area contributed by atoms with Gasteiger partial charge in [0, 0.05) is 6.08 Å². The maximum atomic E-state index is 10.6. The molecular weight excluding hydrogens is 338 g/mol. The SMILES string of the molecule is CC(C=CC1=C(C)C(n2cnnc2)CCC1(C)C)=CC=CC(C)=CC(=O)O. The van der Waals surface area contributed by atoms with E-state index in [-0.39, 0.29) is 5.41 Å². The van der Waals surface area contributed by atoms with Crippen LogP contribution in [-0.2, 0) is 4.79 Å². The van der Waals surface area contributed by atoms with Gasteiger partial charge >= 0.3 is 5.97 Å². The van der Waals surface area contributed by atoms with E-state index in [0.29, 0.717) is 11.6 Å². The second-order valence-electron chi connectivity index (χ2n) is 7.77. The van der Waals surface area contributed by atoms with Crippen LogP contribution in [-0.4, -0.2) is 25.8 Å². The van der Waals surface area contributed by atoms with Crippen LogP contribution in [0.5, 0.6) is 0 Å². The predicted octanol–water partition coefficient (Wildman–Crippen LogP) is 5.05. The summed E-state index contributed by atoms with van der Waals surface area (Å²) in [6, 6.07) is 0.306. The van der Waals surface area contributed by atoms with Crippen molar-refractivity contribution in [1.29, 1.82) is 0 Å². The fourth-order valence-corrected chi connectivity index (χ4v) is 3.53. The minimum Gasteiger partial charge on any atom is -0.478 e. The number of hydrogen-bond donors (Lipinski definition) is 1. The Balaban J connectivity index is 2.21. The number of carbonyl (C=O) groups is 1. The first kappa shape index (κ1) is 20.6. The van der Waals surface area contributed by atoms with Crippen LogP contribution in [0.25, 0.3) is 0 Å². The van der Waals surface area contributed by atoms with Crippen LogP contribution in [0.15, 0.2) is 71.4 Å². The molecule has 0 saturated heterocycles. The maximum Gasteiger partial charge on any atom is 0.328 e. The summed E-state index contributed by atoms with van der Waals surface area (Å²) in [5.74, 6) is -0.928. The molecule has 1 aliphatic carbocycles. The number of allylic oxidation sites excluding steroid dienone is 9. The molecular formula is C22H29N3O2. The summed E-state index contributed by atoms with van der Waals surface area (Å²) in [4.78, 5) is 10.6. The Labute approximate surface area is 161 Å². The molecule has 0 saturated carbocycles. The molecule has 0 amide bonds. The molecule has 144 valence electrons. The van der Waals surface area contributed by atoms with Gasteiger partial charge in [0.25, 0.3) is 0 Å². The second-order valence-corrected chi connectivity index (χ2v) is 7.77. The van der Waals surface area contributed by atoms with Crippen LogP contribution >= 0.6 is 0 Å². The Hall–Kier alpha value is -2.69. The maximum absolute atomic E-state index is 10.6. The second kappa shape index (κ2) is 8.80. The molecule has 1 N–H and O–H groups in total. The fraction of sp³-hybridized carbons (Fsp3) is 0.409. The van der Waals surface area contributed by atoms with Crippen LogP contribution in [0.1, 0.15) is 53.5 Å². The van der Waals surface area contributed by atoms with E-state index in [1.54, 1.807) is 25.7 Å². The number of carboxylic acids is 1. The molecule has 1 aromatic heterocycles. The lowest BCUT2D eigenvalue weighted by atomic mass is 9.71. The number of nitrogens with zero attached hydrogens (tertiary/aromatic N) is 3.